The molecule has 0 rings (SSSR count). The van der Waals surface area contributed by atoms with Crippen LogP contribution < -0.4 is 0 Å². The van der Waals surface area contributed by atoms with Gasteiger partial charge in [-0.15, -0.1) is 0 Å². The van der Waals surface area contributed by atoms with Crippen molar-refractivity contribution in [3.05, 3.63) is 0 Å². The number of aliphatic hydroxyl groups is 7. The van der Waals surface area contributed by atoms with Gasteiger partial charge in [-0.25, -0.2) is 14.7 Å². The number of carbonyl (C=O) groups is 2. The molecule has 2 atom stereocenters. The fraction of sp³-hybridized carbons (Fsp3) is 0.900. The van der Waals surface area contributed by atoms with E-state index in [4.69, 9.17) is 41.0 Å². The van der Waals surface area contributed by atoms with Crippen LogP contribution in [-0.2, 0) is 38.5 Å². The minimum absolute atomic E-state index is 0.120. The van der Waals surface area contributed by atoms with Gasteiger partial charge in [0, 0.05) is 21.0 Å². The molecule has 0 aliphatic heterocycles. The molecule has 0 amide bonds. The quantitative estimate of drug-likeness (QED) is 0.0678. The second kappa shape index (κ2) is 58.9. The molecule has 0 heterocycles. The third-order valence-electron chi connectivity index (χ3n) is 1.78. The number of esters is 2. The Hall–Kier alpha value is -1.54. The molecule has 0 spiro atoms. The molecule has 0 saturated heterocycles. The van der Waals surface area contributed by atoms with Crippen LogP contribution >= 0.6 is 0 Å². The van der Waals surface area contributed by atoms with Crippen molar-refractivity contribution < 1.29 is 79.5 Å². The van der Waals surface area contributed by atoms with Gasteiger partial charge in [-0.05, 0) is 20.8 Å². The van der Waals surface area contributed by atoms with Gasteiger partial charge in [-0.2, -0.15) is 0 Å². The lowest BCUT2D eigenvalue weighted by molar-refractivity contribution is -0.248. The summed E-state index contributed by atoms with van der Waals surface area (Å²) < 4.78 is 13.4. The van der Waals surface area contributed by atoms with E-state index in [-0.39, 0.29) is 64.5 Å². The first-order chi connectivity index (χ1) is 16.9. The number of hydrogen-bond acceptors (Lipinski definition) is 16. The van der Waals surface area contributed by atoms with E-state index in [1.165, 1.54) is 42.1 Å². The van der Waals surface area contributed by atoms with Gasteiger partial charge < -0.3 is 50.0 Å². The van der Waals surface area contributed by atoms with Gasteiger partial charge in [0.15, 0.2) is 0 Å². The monoisotopic (exact) mass is 546 g/mol. The molecule has 16 heteroatoms. The maximum atomic E-state index is 10.3. The lowest BCUT2D eigenvalue weighted by Gasteiger charge is -2.10. The number of hydrogen-bond donors (Lipinski definition) is 8. The van der Waals surface area contributed by atoms with Crippen LogP contribution in [0.4, 0.5) is 0 Å². The Kier molecular flexibility index (Phi) is 83.7. The lowest BCUT2D eigenvalue weighted by atomic mass is 10.4. The molecular weight excluding hydrogens is 496 g/mol. The SMILES string of the molecule is CC(=O)OCC(C)OC(C)=O.CC(O)CO.CCOO.COCO.COOC.OCCO.OCCO. The van der Waals surface area contributed by atoms with Gasteiger partial charge >= 0.3 is 11.9 Å². The molecular formula is C20H50O16. The molecule has 2 unspecified atom stereocenters. The number of rotatable bonds is 9. The third kappa shape index (κ3) is 154. The molecule has 226 valence electrons. The molecule has 0 aliphatic carbocycles. The first kappa shape index (κ1) is 51.2. The minimum atomic E-state index is -0.560. The van der Waals surface area contributed by atoms with Crippen LogP contribution in [0.2, 0.25) is 0 Å². The maximum absolute atomic E-state index is 10.3. The Balaban J connectivity index is -0.0000000579. The average molecular weight is 547 g/mol. The highest BCUT2D eigenvalue weighted by Crippen LogP contribution is 1.92. The Labute approximate surface area is 213 Å². The summed E-state index contributed by atoms with van der Waals surface area (Å²) in [5.74, 6) is -0.742. The van der Waals surface area contributed by atoms with Crippen LogP contribution in [0.5, 0.6) is 0 Å². The summed E-state index contributed by atoms with van der Waals surface area (Å²) in [7, 11) is 4.35. The lowest BCUT2D eigenvalue weighted by Crippen LogP contribution is -2.19. The average Bonchev–Trinajstić information content (AvgIpc) is 2.88. The first-order valence-corrected chi connectivity index (χ1v) is 10.3. The van der Waals surface area contributed by atoms with Crippen molar-refractivity contribution in [2.24, 2.45) is 0 Å². The predicted molar refractivity (Wildman–Crippen MR) is 127 cm³/mol. The second-order valence-corrected chi connectivity index (χ2v) is 5.32. The van der Waals surface area contributed by atoms with Gasteiger partial charge in [-0.1, -0.05) is 0 Å². The smallest absolute Gasteiger partial charge is 0.303 e. The number of methoxy groups -OCH3 is 1. The molecule has 0 aromatic rings. The molecule has 16 nitrogen and oxygen atoms in total. The third-order valence-corrected chi connectivity index (χ3v) is 1.78. The summed E-state index contributed by atoms with van der Waals surface area (Å²) in [6.45, 7) is 7.18. The normalized spacial score (nSPS) is 9.89. The van der Waals surface area contributed by atoms with E-state index >= 15 is 0 Å². The molecule has 0 aliphatic rings. The summed E-state index contributed by atoms with van der Waals surface area (Å²) in [5, 5.41) is 61.5. The highest BCUT2D eigenvalue weighted by atomic mass is 17.2. The highest BCUT2D eigenvalue weighted by Gasteiger charge is 2.06. The zero-order chi connectivity index (χ0) is 30.2. The zero-order valence-corrected chi connectivity index (χ0v) is 22.7. The van der Waals surface area contributed by atoms with Crippen LogP contribution in [-0.4, -0.2) is 140 Å². The van der Waals surface area contributed by atoms with Crippen molar-refractivity contribution in [1.82, 2.24) is 0 Å². The van der Waals surface area contributed by atoms with Crippen molar-refractivity contribution >= 4 is 11.9 Å². The van der Waals surface area contributed by atoms with Crippen molar-refractivity contribution in [2.45, 2.75) is 46.8 Å². The Morgan fingerprint density at radius 2 is 1.08 bits per heavy atom. The van der Waals surface area contributed by atoms with E-state index < -0.39 is 6.10 Å². The summed E-state index contributed by atoms with van der Waals surface area (Å²) >= 11 is 0. The van der Waals surface area contributed by atoms with Crippen molar-refractivity contribution in [3.8, 4) is 0 Å². The van der Waals surface area contributed by atoms with Crippen LogP contribution in [0, 0.1) is 0 Å². The number of ether oxygens (including phenoxy) is 3. The summed E-state index contributed by atoms with van der Waals surface area (Å²) in [6, 6.07) is 0. The van der Waals surface area contributed by atoms with E-state index in [0.29, 0.717) is 6.61 Å². The molecule has 0 saturated carbocycles. The molecule has 36 heavy (non-hydrogen) atoms. The molecule has 0 fully saturated rings. The maximum Gasteiger partial charge on any atom is 0.303 e. The molecule has 0 aromatic heterocycles. The minimum Gasteiger partial charge on any atom is -0.462 e. The van der Waals surface area contributed by atoms with Crippen LogP contribution in [0.3, 0.4) is 0 Å². The molecule has 8 N–H and O–H groups in total. The van der Waals surface area contributed by atoms with Gasteiger partial charge in [0.05, 0.1) is 60.0 Å². The summed E-state index contributed by atoms with van der Waals surface area (Å²) in [5.41, 5.74) is 0. The van der Waals surface area contributed by atoms with E-state index in [0.717, 1.165) is 0 Å². The van der Waals surface area contributed by atoms with E-state index in [2.05, 4.69) is 28.9 Å². The van der Waals surface area contributed by atoms with Crippen LogP contribution in [0.15, 0.2) is 0 Å². The zero-order valence-electron chi connectivity index (χ0n) is 22.7. The van der Waals surface area contributed by atoms with Crippen molar-refractivity contribution in [3.63, 3.8) is 0 Å². The summed E-state index contributed by atoms with van der Waals surface area (Å²) in [4.78, 5) is 32.2. The Morgan fingerprint density at radius 1 is 0.778 bits per heavy atom. The largest absolute Gasteiger partial charge is 0.462 e. The van der Waals surface area contributed by atoms with Gasteiger partial charge in [0.2, 0.25) is 0 Å². The number of carbonyl (C=O) groups excluding carboxylic acids is 2. The molecule has 0 radical (unpaired) electrons. The molecule has 0 bridgehead atoms. The van der Waals surface area contributed by atoms with Crippen molar-refractivity contribution in [1.29, 1.82) is 0 Å². The predicted octanol–water partition coefficient (Wildman–Crippen LogP) is -1.92. The highest BCUT2D eigenvalue weighted by molar-refractivity contribution is 5.67. The van der Waals surface area contributed by atoms with Crippen LogP contribution in [0.25, 0.3) is 0 Å². The van der Waals surface area contributed by atoms with E-state index in [1.54, 1.807) is 13.8 Å². The number of aliphatic hydroxyl groups excluding tert-OH is 7. The van der Waals surface area contributed by atoms with Gasteiger partial charge in [0.25, 0.3) is 0 Å². The fourth-order valence-electron chi connectivity index (χ4n) is 0.552. The Bertz CT molecular complexity index is 312. The van der Waals surface area contributed by atoms with E-state index in [9.17, 15) is 9.59 Å². The molecule has 0 aromatic carbocycles. The van der Waals surface area contributed by atoms with E-state index in [1.807, 2.05) is 0 Å². The van der Waals surface area contributed by atoms with Gasteiger partial charge in [-0.3, -0.25) is 14.8 Å². The fourth-order valence-corrected chi connectivity index (χ4v) is 0.552. The summed E-state index contributed by atoms with van der Waals surface area (Å²) in [6.07, 6.45) is -0.925. The second-order valence-electron chi connectivity index (χ2n) is 5.32. The van der Waals surface area contributed by atoms with Crippen LogP contribution in [0.1, 0.15) is 34.6 Å². The Morgan fingerprint density at radius 3 is 1.19 bits per heavy atom. The van der Waals surface area contributed by atoms with Gasteiger partial charge in [0.1, 0.15) is 19.5 Å². The topological polar surface area (TPSA) is 251 Å². The first-order valence-electron chi connectivity index (χ1n) is 10.3. The van der Waals surface area contributed by atoms with Crippen molar-refractivity contribution in [2.75, 3.05) is 74.4 Å². The standard InChI is InChI=1S/C7H12O4.C3H8O2.5C2H6O2/c1-5(11-7(3)9)4-10-6(2)8;1-3(5)2-4;1-4-2-3;1-3-4-2;1-2-4-3;2*3-1-2-4/h5H,4H2,1-3H3;3-5H,2H2,1H3;3H,2H2,1H3;1-2H3;3H,2H2,1H3;2*3-4H,1-2H2.